The van der Waals surface area contributed by atoms with Crippen molar-refractivity contribution in [2.75, 3.05) is 20.2 Å². The predicted octanol–water partition coefficient (Wildman–Crippen LogP) is 3.05. The Hall–Kier alpha value is -1.89. The number of rotatable bonds is 8. The van der Waals surface area contributed by atoms with Crippen LogP contribution in [0.1, 0.15) is 32.4 Å². The van der Waals surface area contributed by atoms with Crippen molar-refractivity contribution in [1.82, 2.24) is 10.5 Å². The number of hydrogen-bond donors (Lipinski definition) is 2. The lowest BCUT2D eigenvalue weighted by Crippen LogP contribution is -2.46. The predicted molar refractivity (Wildman–Crippen MR) is 104 cm³/mol. The molecule has 1 aliphatic heterocycles. The fraction of sp³-hybridized carbons (Fsp3) is 0.571. The second-order valence-corrected chi connectivity index (χ2v) is 7.61. The van der Waals surface area contributed by atoms with Gasteiger partial charge in [-0.25, -0.2) is 0 Å². The zero-order valence-corrected chi connectivity index (χ0v) is 16.4. The molecule has 1 fully saturated rings. The van der Waals surface area contributed by atoms with Gasteiger partial charge < -0.3 is 24.4 Å². The number of methoxy groups -OCH3 is 1. The fourth-order valence-corrected chi connectivity index (χ4v) is 3.33. The first-order valence-corrected chi connectivity index (χ1v) is 9.69. The quantitative estimate of drug-likeness (QED) is 0.740. The molecule has 0 aliphatic carbocycles. The Balaban J connectivity index is 1.56. The molecule has 0 bridgehead atoms. The van der Waals surface area contributed by atoms with E-state index in [1.165, 1.54) is 0 Å². The van der Waals surface area contributed by atoms with E-state index in [9.17, 15) is 5.11 Å². The standard InChI is InChI=1S/C21H30N2O4/c1-14(2)12-22-13-21-19(24)9-8-18(26-21)10-16-11-20(27-23-16)15-4-6-17(25-3)7-5-15/h4-7,11,14,18-19,21-22,24H,8-10,12-13H2,1-3H3/t18-,19-,21+/m0/s1. The molecule has 1 saturated heterocycles. The van der Waals surface area contributed by atoms with Gasteiger partial charge in [0.15, 0.2) is 5.76 Å². The van der Waals surface area contributed by atoms with Gasteiger partial charge in [0.1, 0.15) is 5.75 Å². The minimum atomic E-state index is -0.409. The molecule has 3 rings (SSSR count). The van der Waals surface area contributed by atoms with Crippen molar-refractivity contribution in [3.63, 3.8) is 0 Å². The Morgan fingerprint density at radius 3 is 2.74 bits per heavy atom. The average Bonchev–Trinajstić information content (AvgIpc) is 3.12. The molecule has 27 heavy (non-hydrogen) atoms. The first-order chi connectivity index (χ1) is 13.0. The molecular weight excluding hydrogens is 344 g/mol. The number of nitrogens with zero attached hydrogens (tertiary/aromatic N) is 1. The molecule has 0 saturated carbocycles. The van der Waals surface area contributed by atoms with E-state index in [2.05, 4.69) is 24.3 Å². The number of hydrogen-bond acceptors (Lipinski definition) is 6. The van der Waals surface area contributed by atoms with E-state index in [0.717, 1.165) is 42.2 Å². The molecule has 0 spiro atoms. The summed E-state index contributed by atoms with van der Waals surface area (Å²) in [5.74, 6) is 2.12. The van der Waals surface area contributed by atoms with Crippen LogP contribution in [0.3, 0.4) is 0 Å². The third-order valence-corrected chi connectivity index (χ3v) is 4.85. The van der Waals surface area contributed by atoms with Gasteiger partial charge >= 0.3 is 0 Å². The highest BCUT2D eigenvalue weighted by Crippen LogP contribution is 2.26. The largest absolute Gasteiger partial charge is 0.497 e. The van der Waals surface area contributed by atoms with Crippen LogP contribution < -0.4 is 10.1 Å². The van der Waals surface area contributed by atoms with Crippen molar-refractivity contribution in [2.45, 2.75) is 51.4 Å². The van der Waals surface area contributed by atoms with E-state index in [-0.39, 0.29) is 12.2 Å². The van der Waals surface area contributed by atoms with Crippen LogP contribution in [-0.4, -0.2) is 48.8 Å². The molecule has 1 aliphatic rings. The smallest absolute Gasteiger partial charge is 0.167 e. The summed E-state index contributed by atoms with van der Waals surface area (Å²) in [6, 6.07) is 9.66. The van der Waals surface area contributed by atoms with Crippen molar-refractivity contribution >= 4 is 0 Å². The summed E-state index contributed by atoms with van der Waals surface area (Å²) in [7, 11) is 1.65. The van der Waals surface area contributed by atoms with Gasteiger partial charge in [0, 0.05) is 24.6 Å². The number of aromatic nitrogens is 1. The van der Waals surface area contributed by atoms with Crippen molar-refractivity contribution in [3.05, 3.63) is 36.0 Å². The van der Waals surface area contributed by atoms with E-state index in [0.29, 0.717) is 18.9 Å². The molecular formula is C21H30N2O4. The van der Waals surface area contributed by atoms with Gasteiger partial charge in [-0.1, -0.05) is 19.0 Å². The van der Waals surface area contributed by atoms with E-state index in [4.69, 9.17) is 14.0 Å². The number of aliphatic hydroxyl groups is 1. The molecule has 6 nitrogen and oxygen atoms in total. The maximum atomic E-state index is 10.2. The topological polar surface area (TPSA) is 76.8 Å². The normalized spacial score (nSPS) is 22.9. The van der Waals surface area contributed by atoms with Gasteiger partial charge in [-0.3, -0.25) is 0 Å². The van der Waals surface area contributed by atoms with Crippen LogP contribution in [0.2, 0.25) is 0 Å². The number of ether oxygens (including phenoxy) is 2. The minimum absolute atomic E-state index is 0.0491. The molecule has 6 heteroatoms. The van der Waals surface area contributed by atoms with Gasteiger partial charge in [0.05, 0.1) is 31.1 Å². The number of aliphatic hydroxyl groups excluding tert-OH is 1. The van der Waals surface area contributed by atoms with Crippen molar-refractivity contribution in [1.29, 1.82) is 0 Å². The Bertz CT molecular complexity index is 698. The summed E-state index contributed by atoms with van der Waals surface area (Å²) >= 11 is 0. The number of benzene rings is 1. The highest BCUT2D eigenvalue weighted by Gasteiger charge is 2.30. The van der Waals surface area contributed by atoms with Crippen LogP contribution in [-0.2, 0) is 11.2 Å². The number of nitrogens with one attached hydrogen (secondary N) is 1. The van der Waals surface area contributed by atoms with Crippen molar-refractivity contribution in [3.8, 4) is 17.1 Å². The molecule has 1 aromatic carbocycles. The molecule has 0 amide bonds. The summed E-state index contributed by atoms with van der Waals surface area (Å²) in [4.78, 5) is 0. The van der Waals surface area contributed by atoms with Crippen LogP contribution >= 0.6 is 0 Å². The monoisotopic (exact) mass is 374 g/mol. The van der Waals surface area contributed by atoms with Crippen LogP contribution in [0.4, 0.5) is 0 Å². The Kier molecular flexibility index (Phi) is 6.88. The first kappa shape index (κ1) is 19.9. The highest BCUT2D eigenvalue weighted by atomic mass is 16.5. The molecule has 148 valence electrons. The van der Waals surface area contributed by atoms with Crippen LogP contribution in [0, 0.1) is 5.92 Å². The van der Waals surface area contributed by atoms with E-state index >= 15 is 0 Å². The van der Waals surface area contributed by atoms with Crippen molar-refractivity contribution < 1.29 is 19.1 Å². The molecule has 1 aromatic heterocycles. The fourth-order valence-electron chi connectivity index (χ4n) is 3.33. The van der Waals surface area contributed by atoms with Crippen LogP contribution in [0.25, 0.3) is 11.3 Å². The Morgan fingerprint density at radius 1 is 1.26 bits per heavy atom. The molecule has 2 N–H and O–H groups in total. The van der Waals surface area contributed by atoms with Crippen LogP contribution in [0.5, 0.6) is 5.75 Å². The van der Waals surface area contributed by atoms with Gasteiger partial charge in [-0.2, -0.15) is 0 Å². The second-order valence-electron chi connectivity index (χ2n) is 7.61. The average molecular weight is 374 g/mol. The lowest BCUT2D eigenvalue weighted by atomic mass is 9.98. The van der Waals surface area contributed by atoms with Gasteiger partial charge in [-0.05, 0) is 49.6 Å². The van der Waals surface area contributed by atoms with Crippen LogP contribution in [0.15, 0.2) is 34.9 Å². The van der Waals surface area contributed by atoms with E-state index in [1.807, 2.05) is 30.3 Å². The first-order valence-electron chi connectivity index (χ1n) is 9.69. The van der Waals surface area contributed by atoms with Gasteiger partial charge in [0.2, 0.25) is 0 Å². The van der Waals surface area contributed by atoms with Gasteiger partial charge in [0.25, 0.3) is 0 Å². The highest BCUT2D eigenvalue weighted by molar-refractivity contribution is 5.58. The summed E-state index contributed by atoms with van der Waals surface area (Å²) in [5, 5.41) is 17.8. The third-order valence-electron chi connectivity index (χ3n) is 4.85. The molecule has 0 radical (unpaired) electrons. The second kappa shape index (κ2) is 9.35. The SMILES string of the molecule is COc1ccc(-c2cc(C[C@@H]3CC[C@H](O)[C@@H](CNCC(C)C)O3)no2)cc1. The van der Waals surface area contributed by atoms with E-state index in [1.54, 1.807) is 7.11 Å². The zero-order valence-electron chi connectivity index (χ0n) is 16.4. The zero-order chi connectivity index (χ0) is 19.2. The molecule has 2 aromatic rings. The maximum Gasteiger partial charge on any atom is 0.167 e. The van der Waals surface area contributed by atoms with Gasteiger partial charge in [-0.15, -0.1) is 0 Å². The summed E-state index contributed by atoms with van der Waals surface area (Å²) in [6.07, 6.45) is 1.73. The lowest BCUT2D eigenvalue weighted by Gasteiger charge is -2.34. The molecule has 0 unspecified atom stereocenters. The molecule has 2 heterocycles. The van der Waals surface area contributed by atoms with E-state index < -0.39 is 6.10 Å². The van der Waals surface area contributed by atoms with Crippen molar-refractivity contribution in [2.24, 2.45) is 5.92 Å². The third kappa shape index (κ3) is 5.54. The lowest BCUT2D eigenvalue weighted by molar-refractivity contribution is -0.115. The Morgan fingerprint density at radius 2 is 2.04 bits per heavy atom. The maximum absolute atomic E-state index is 10.2. The summed E-state index contributed by atoms with van der Waals surface area (Å²) in [6.45, 7) is 5.93. The minimum Gasteiger partial charge on any atom is -0.497 e. The summed E-state index contributed by atoms with van der Waals surface area (Å²) < 4.78 is 16.8. The molecule has 3 atom stereocenters. The summed E-state index contributed by atoms with van der Waals surface area (Å²) in [5.41, 5.74) is 1.83. The Labute approximate surface area is 160 Å².